The number of hydrogen-bond acceptors (Lipinski definition) is 11. The molecule has 1 aliphatic carbocycles. The Morgan fingerprint density at radius 3 is 2.09 bits per heavy atom. The van der Waals surface area contributed by atoms with E-state index in [4.69, 9.17) is 15.2 Å². The molecule has 4 aliphatic rings. The number of aromatic hydroxyl groups is 1. The summed E-state index contributed by atoms with van der Waals surface area (Å²) >= 11 is 0. The predicted octanol–water partition coefficient (Wildman–Crippen LogP) is 7.22. The summed E-state index contributed by atoms with van der Waals surface area (Å²) in [5.41, 5.74) is 5.63. The number of carbonyl (C=O) groups excluding carboxylic acids is 4. The van der Waals surface area contributed by atoms with Gasteiger partial charge < -0.3 is 25.4 Å². The third-order valence-corrected chi connectivity index (χ3v) is 13.0. The Morgan fingerprint density at radius 2 is 1.47 bits per heavy atom. The van der Waals surface area contributed by atoms with Gasteiger partial charge in [0.15, 0.2) is 0 Å². The fourth-order valence-electron chi connectivity index (χ4n) is 10.2. The van der Waals surface area contributed by atoms with Gasteiger partial charge in [0.05, 0.1) is 28.6 Å². The first-order chi connectivity index (χ1) is 30.9. The van der Waals surface area contributed by atoms with Crippen LogP contribution in [0.3, 0.4) is 0 Å². The fraction of sp³-hybridized carbons (Fsp3) is 0.280. The lowest BCUT2D eigenvalue weighted by Gasteiger charge is -2.46. The molecule has 6 atom stereocenters. The third-order valence-electron chi connectivity index (χ3n) is 13.0. The van der Waals surface area contributed by atoms with Crippen molar-refractivity contribution < 1.29 is 43.8 Å². The van der Waals surface area contributed by atoms with Crippen molar-refractivity contribution in [3.8, 4) is 17.6 Å². The number of anilines is 1. The zero-order chi connectivity index (χ0) is 44.8. The van der Waals surface area contributed by atoms with E-state index in [1.807, 2.05) is 60.7 Å². The number of cyclic esters (lactones) is 1. The second-order valence-corrected chi connectivity index (χ2v) is 16.8. The number of hydrogen-bond donors (Lipinski definition) is 3. The summed E-state index contributed by atoms with van der Waals surface area (Å²) in [6.07, 6.45) is 2.46. The van der Waals surface area contributed by atoms with Crippen LogP contribution >= 0.6 is 0 Å². The van der Waals surface area contributed by atoms with Crippen molar-refractivity contribution in [3.63, 3.8) is 0 Å². The maximum atomic E-state index is 16.0. The SMILES string of the molecule is NC(=O)[C@@H]1[C@H]2C(=O)O[C@H](c3ccccc3)[C@H](c3ccccc3)N2[C@H](c2ccc(O)cc2)[C@@]12C(=O)N(C(=O)OCc1ccc([N+](=O)[O-])cc1)c1ccc(C#CC3(O)CCCCCC3)cc12. The number of non-ortho nitro benzene ring substituents is 1. The first-order valence-corrected chi connectivity index (χ1v) is 21.2. The second kappa shape index (κ2) is 16.7. The van der Waals surface area contributed by atoms with Crippen LogP contribution in [0.4, 0.5) is 16.2 Å². The normalized spacial score (nSPS) is 24.7. The maximum absolute atomic E-state index is 16.0. The Labute approximate surface area is 368 Å². The minimum absolute atomic E-state index is 0.0524. The molecule has 3 aliphatic heterocycles. The van der Waals surface area contributed by atoms with Gasteiger partial charge in [-0.2, -0.15) is 0 Å². The maximum Gasteiger partial charge on any atom is 0.421 e. The van der Waals surface area contributed by atoms with Crippen LogP contribution < -0.4 is 10.6 Å². The van der Waals surface area contributed by atoms with Crippen molar-refractivity contribution >= 4 is 35.3 Å². The Kier molecular flexibility index (Phi) is 11.0. The summed E-state index contributed by atoms with van der Waals surface area (Å²) in [7, 11) is 0. The van der Waals surface area contributed by atoms with Gasteiger partial charge in [-0.3, -0.25) is 29.4 Å². The van der Waals surface area contributed by atoms with Gasteiger partial charge in [-0.25, -0.2) is 9.69 Å². The summed E-state index contributed by atoms with van der Waals surface area (Å²) < 4.78 is 12.1. The van der Waals surface area contributed by atoms with Crippen LogP contribution in [0.1, 0.15) is 90.1 Å². The molecular formula is C50H44N4O10. The molecule has 3 fully saturated rings. The van der Waals surface area contributed by atoms with E-state index in [0.717, 1.165) is 30.6 Å². The van der Waals surface area contributed by atoms with E-state index < -0.39 is 70.0 Å². The lowest BCUT2D eigenvalue weighted by molar-refractivity contribution is -0.384. The highest BCUT2D eigenvalue weighted by molar-refractivity contribution is 6.23. The topological polar surface area (TPSA) is 203 Å². The summed E-state index contributed by atoms with van der Waals surface area (Å²) in [5, 5.41) is 33.4. The van der Waals surface area contributed by atoms with Gasteiger partial charge in [-0.05, 0) is 96.0 Å². The number of aliphatic hydroxyl groups is 1. The van der Waals surface area contributed by atoms with E-state index in [0.29, 0.717) is 40.7 Å². The van der Waals surface area contributed by atoms with Crippen molar-refractivity contribution in [2.45, 2.75) is 80.4 Å². The van der Waals surface area contributed by atoms with Gasteiger partial charge in [0, 0.05) is 17.7 Å². The summed E-state index contributed by atoms with van der Waals surface area (Å²) in [6, 6.07) is 31.1. The quantitative estimate of drug-likeness (QED) is 0.0490. The van der Waals surface area contributed by atoms with Crippen molar-refractivity contribution in [1.29, 1.82) is 0 Å². The van der Waals surface area contributed by atoms with Gasteiger partial charge in [0.1, 0.15) is 35.5 Å². The van der Waals surface area contributed by atoms with E-state index in [1.165, 1.54) is 42.5 Å². The number of phenolic OH excluding ortho intramolecular Hbond substituents is 1. The number of imide groups is 1. The number of amides is 3. The molecule has 2 saturated heterocycles. The van der Waals surface area contributed by atoms with Crippen LogP contribution in [0.5, 0.6) is 5.75 Å². The number of phenols is 1. The minimum Gasteiger partial charge on any atom is -0.508 e. The molecule has 5 aromatic rings. The number of morpholine rings is 1. The first-order valence-electron chi connectivity index (χ1n) is 21.2. The highest BCUT2D eigenvalue weighted by atomic mass is 16.6. The molecule has 3 amide bonds. The molecule has 14 nitrogen and oxygen atoms in total. The average molecular weight is 861 g/mol. The van der Waals surface area contributed by atoms with Crippen LogP contribution in [0.15, 0.2) is 127 Å². The molecule has 4 N–H and O–H groups in total. The highest BCUT2D eigenvalue weighted by Gasteiger charge is 2.75. The number of nitrogens with two attached hydrogens (primary N) is 1. The largest absolute Gasteiger partial charge is 0.508 e. The number of primary amides is 1. The lowest BCUT2D eigenvalue weighted by Crippen LogP contribution is -2.55. The van der Waals surface area contributed by atoms with E-state index >= 15 is 4.79 Å². The average Bonchev–Trinajstić information content (AvgIpc) is 3.64. The summed E-state index contributed by atoms with van der Waals surface area (Å²) in [5.74, 6) is 1.74. The molecule has 3 heterocycles. The van der Waals surface area contributed by atoms with Gasteiger partial charge in [-0.15, -0.1) is 0 Å². The van der Waals surface area contributed by atoms with Crippen molar-refractivity contribution in [1.82, 2.24) is 4.90 Å². The third kappa shape index (κ3) is 7.22. The van der Waals surface area contributed by atoms with Gasteiger partial charge in [0.25, 0.3) is 5.69 Å². The molecule has 14 heteroatoms. The molecule has 0 radical (unpaired) electrons. The number of benzene rings is 5. The van der Waals surface area contributed by atoms with Crippen molar-refractivity contribution in [2.75, 3.05) is 4.90 Å². The van der Waals surface area contributed by atoms with E-state index in [1.54, 1.807) is 29.2 Å². The van der Waals surface area contributed by atoms with E-state index in [2.05, 4.69) is 11.8 Å². The molecule has 5 aromatic carbocycles. The second-order valence-electron chi connectivity index (χ2n) is 16.8. The van der Waals surface area contributed by atoms with Crippen LogP contribution in [-0.4, -0.2) is 55.6 Å². The smallest absolute Gasteiger partial charge is 0.421 e. The molecule has 1 saturated carbocycles. The Hall–Kier alpha value is -7.34. The number of nitro benzene ring substituents is 1. The van der Waals surface area contributed by atoms with Crippen LogP contribution in [0.25, 0.3) is 0 Å². The lowest BCUT2D eigenvalue weighted by atomic mass is 9.65. The Bertz CT molecular complexity index is 2690. The van der Waals surface area contributed by atoms with Gasteiger partial charge >= 0.3 is 12.1 Å². The first kappa shape index (κ1) is 42.0. The van der Waals surface area contributed by atoms with E-state index in [9.17, 15) is 34.7 Å². The molecule has 0 aromatic heterocycles. The number of ether oxygens (including phenoxy) is 2. The number of carbonyl (C=O) groups is 4. The minimum atomic E-state index is -2.14. The van der Waals surface area contributed by atoms with Gasteiger partial charge in [-0.1, -0.05) is 97.5 Å². The number of esters is 1. The van der Waals surface area contributed by atoms with Crippen LogP contribution in [0.2, 0.25) is 0 Å². The number of nitro groups is 1. The van der Waals surface area contributed by atoms with Crippen molar-refractivity contribution in [2.24, 2.45) is 11.7 Å². The predicted molar refractivity (Wildman–Crippen MR) is 232 cm³/mol. The molecule has 64 heavy (non-hydrogen) atoms. The molecule has 0 unspecified atom stereocenters. The van der Waals surface area contributed by atoms with Crippen LogP contribution in [-0.2, 0) is 35.9 Å². The monoisotopic (exact) mass is 860 g/mol. The molecule has 1 spiro atoms. The summed E-state index contributed by atoms with van der Waals surface area (Å²) in [4.78, 5) is 73.3. The Morgan fingerprint density at radius 1 is 0.828 bits per heavy atom. The zero-order valence-electron chi connectivity index (χ0n) is 34.5. The zero-order valence-corrected chi connectivity index (χ0v) is 34.5. The Balaban J connectivity index is 1.27. The molecule has 9 rings (SSSR count). The molecule has 324 valence electrons. The standard InChI is InChI=1S/C50H44N4O10/c51-45(56)40-42-46(57)64-43(34-13-7-4-8-14-34)41(33-11-5-3-6-12-33)53(42)44(35-18-22-37(55)23-19-35)50(40)38-29-31(25-28-49(60)26-9-1-2-10-27-49)17-24-39(38)52(47(50)58)48(59)63-30-32-15-20-36(21-16-32)54(61)62/h3-8,11-24,29,40-44,55,60H,1-2,9-10,26-27,30H2,(H2,51,56)/t40-,41-,42-,43+,44+,50-/m0/s1. The van der Waals surface area contributed by atoms with Crippen LogP contribution in [0, 0.1) is 27.9 Å². The molecular weight excluding hydrogens is 817 g/mol. The molecule has 0 bridgehead atoms. The number of rotatable bonds is 7. The summed E-state index contributed by atoms with van der Waals surface area (Å²) in [6.45, 7) is -0.373. The van der Waals surface area contributed by atoms with Crippen molar-refractivity contribution in [3.05, 3.63) is 171 Å². The van der Waals surface area contributed by atoms with E-state index in [-0.39, 0.29) is 29.3 Å². The highest BCUT2D eigenvalue weighted by Crippen LogP contribution is 2.65. The van der Waals surface area contributed by atoms with Gasteiger partial charge in [0.2, 0.25) is 11.8 Å². The number of nitrogens with zero attached hydrogens (tertiary/aromatic N) is 3. The number of fused-ring (bicyclic) bond motifs is 3. The fourth-order valence-corrected chi connectivity index (χ4v) is 10.2.